The molecule has 1 heterocycles. The molecule has 5 nitrogen and oxygen atoms in total. The predicted molar refractivity (Wildman–Crippen MR) is 107 cm³/mol. The molecule has 2 atom stereocenters. The summed E-state index contributed by atoms with van der Waals surface area (Å²) in [6.45, 7) is 1.43. The van der Waals surface area contributed by atoms with Gasteiger partial charge in [0.2, 0.25) is 0 Å². The van der Waals surface area contributed by atoms with E-state index in [-0.39, 0.29) is 18.5 Å². The first-order valence-electron chi connectivity index (χ1n) is 9.16. The lowest BCUT2D eigenvalue weighted by Gasteiger charge is -2.26. The Hall–Kier alpha value is -1.99. The van der Waals surface area contributed by atoms with Crippen LogP contribution in [-0.4, -0.2) is 54.7 Å². The molecule has 0 spiro atoms. The molecule has 0 radical (unpaired) electrons. The number of hydrogen-bond acceptors (Lipinski definition) is 5. The molecule has 1 aliphatic rings. The predicted octanol–water partition coefficient (Wildman–Crippen LogP) is 3.48. The lowest BCUT2D eigenvalue weighted by Crippen LogP contribution is -2.39. The highest BCUT2D eigenvalue weighted by Crippen LogP contribution is 2.20. The third-order valence-corrected chi connectivity index (χ3v) is 4.80. The van der Waals surface area contributed by atoms with E-state index in [2.05, 4.69) is 5.16 Å². The molecule has 0 unspecified atom stereocenters. The second kappa shape index (κ2) is 9.98. The first-order valence-corrected chi connectivity index (χ1v) is 9.54. The van der Waals surface area contributed by atoms with Gasteiger partial charge >= 0.3 is 0 Å². The van der Waals surface area contributed by atoms with E-state index < -0.39 is 6.10 Å². The van der Waals surface area contributed by atoms with Gasteiger partial charge in [0.1, 0.15) is 11.9 Å². The Morgan fingerprint density at radius 3 is 2.75 bits per heavy atom. The van der Waals surface area contributed by atoms with Crippen molar-refractivity contribution in [2.75, 3.05) is 26.8 Å². The number of rotatable bonds is 9. The highest BCUT2D eigenvalue weighted by Gasteiger charge is 2.26. The summed E-state index contributed by atoms with van der Waals surface area (Å²) in [6.07, 6.45) is -0.211. The van der Waals surface area contributed by atoms with Crippen molar-refractivity contribution in [3.63, 3.8) is 0 Å². The fourth-order valence-electron chi connectivity index (χ4n) is 3.24. The normalized spacial score (nSPS) is 17.5. The molecule has 150 valence electrons. The van der Waals surface area contributed by atoms with Gasteiger partial charge in [-0.1, -0.05) is 47.1 Å². The molecule has 0 aliphatic carbocycles. The van der Waals surface area contributed by atoms with Gasteiger partial charge in [-0.05, 0) is 23.8 Å². The van der Waals surface area contributed by atoms with Gasteiger partial charge in [-0.15, -0.1) is 0 Å². The Balaban J connectivity index is 1.64. The van der Waals surface area contributed by atoms with E-state index >= 15 is 0 Å². The third-order valence-electron chi connectivity index (χ3n) is 4.55. The van der Waals surface area contributed by atoms with E-state index in [1.807, 2.05) is 29.2 Å². The number of benzene rings is 2. The monoisotopic (exact) mass is 406 g/mol. The van der Waals surface area contributed by atoms with E-state index in [1.165, 1.54) is 13.2 Å². The molecule has 0 aromatic heterocycles. The van der Waals surface area contributed by atoms with Crippen LogP contribution in [0.1, 0.15) is 17.5 Å². The first kappa shape index (κ1) is 20.7. The van der Waals surface area contributed by atoms with E-state index in [1.54, 1.807) is 18.2 Å². The van der Waals surface area contributed by atoms with Gasteiger partial charge in [-0.3, -0.25) is 4.90 Å². The second-order valence-corrected chi connectivity index (χ2v) is 7.31. The average Bonchev–Trinajstić information content (AvgIpc) is 3.13. The Kier molecular flexibility index (Phi) is 7.39. The molecule has 0 amide bonds. The molecule has 1 N–H and O–H groups in total. The van der Waals surface area contributed by atoms with Gasteiger partial charge in [0, 0.05) is 43.8 Å². The van der Waals surface area contributed by atoms with Crippen LogP contribution in [0.2, 0.25) is 5.02 Å². The van der Waals surface area contributed by atoms with E-state index in [0.717, 1.165) is 11.3 Å². The van der Waals surface area contributed by atoms with Crippen LogP contribution in [0.25, 0.3) is 0 Å². The maximum atomic E-state index is 14.1. The lowest BCUT2D eigenvalue weighted by molar-refractivity contribution is 0.00892. The quantitative estimate of drug-likeness (QED) is 0.692. The van der Waals surface area contributed by atoms with Crippen LogP contribution >= 0.6 is 11.6 Å². The topological polar surface area (TPSA) is 54.3 Å². The molecule has 3 rings (SSSR count). The zero-order chi connectivity index (χ0) is 19.9. The minimum Gasteiger partial charge on any atom is -0.390 e. The van der Waals surface area contributed by atoms with Crippen LogP contribution in [0.5, 0.6) is 0 Å². The Morgan fingerprint density at radius 1 is 1.29 bits per heavy atom. The standard InChI is InChI=1S/C21H24ClFN2O3/c1-27-14-18(26)12-25(11-16-4-2-3-5-20(16)23)13-19-10-21(24-28-19)15-6-8-17(22)9-7-15/h2-9,18-19,26H,10-14H2,1H3/t18-,19-/m1/s1. The number of methoxy groups -OCH3 is 1. The summed E-state index contributed by atoms with van der Waals surface area (Å²) in [5, 5.41) is 15.0. The van der Waals surface area contributed by atoms with Crippen LogP contribution < -0.4 is 0 Å². The van der Waals surface area contributed by atoms with Crippen LogP contribution in [-0.2, 0) is 16.1 Å². The Morgan fingerprint density at radius 2 is 2.04 bits per heavy atom. The van der Waals surface area contributed by atoms with Crippen molar-refractivity contribution in [2.24, 2.45) is 5.16 Å². The number of ether oxygens (including phenoxy) is 1. The zero-order valence-corrected chi connectivity index (χ0v) is 16.5. The minimum atomic E-state index is -0.671. The summed E-state index contributed by atoms with van der Waals surface area (Å²) in [5.41, 5.74) is 2.39. The first-order chi connectivity index (χ1) is 13.5. The Labute approximate surface area is 169 Å². The number of halogens is 2. The van der Waals surface area contributed by atoms with Gasteiger partial charge in [0.15, 0.2) is 0 Å². The van der Waals surface area contributed by atoms with Crippen molar-refractivity contribution in [3.8, 4) is 0 Å². The number of hydrogen-bond donors (Lipinski definition) is 1. The van der Waals surface area contributed by atoms with Gasteiger partial charge in [-0.25, -0.2) is 4.39 Å². The average molecular weight is 407 g/mol. The molecule has 0 saturated heterocycles. The van der Waals surface area contributed by atoms with E-state index in [0.29, 0.717) is 36.6 Å². The van der Waals surface area contributed by atoms with Crippen molar-refractivity contribution in [1.82, 2.24) is 4.90 Å². The van der Waals surface area contributed by atoms with Crippen molar-refractivity contribution < 1.29 is 19.1 Å². The van der Waals surface area contributed by atoms with E-state index in [9.17, 15) is 9.50 Å². The summed E-state index contributed by atoms with van der Waals surface area (Å²) >= 11 is 5.94. The maximum absolute atomic E-state index is 14.1. The molecule has 28 heavy (non-hydrogen) atoms. The largest absolute Gasteiger partial charge is 0.390 e. The van der Waals surface area contributed by atoms with Gasteiger partial charge in [-0.2, -0.15) is 0 Å². The smallest absolute Gasteiger partial charge is 0.145 e. The van der Waals surface area contributed by atoms with Crippen LogP contribution in [0.15, 0.2) is 53.7 Å². The maximum Gasteiger partial charge on any atom is 0.145 e. The summed E-state index contributed by atoms with van der Waals surface area (Å²) in [5.74, 6) is -0.265. The number of aliphatic hydroxyl groups excluding tert-OH is 1. The van der Waals surface area contributed by atoms with Gasteiger partial charge in [0.05, 0.1) is 18.4 Å². The molecule has 1 aliphatic heterocycles. The van der Waals surface area contributed by atoms with Crippen LogP contribution in [0, 0.1) is 5.82 Å². The summed E-state index contributed by atoms with van der Waals surface area (Å²) in [6, 6.07) is 14.1. The van der Waals surface area contributed by atoms with Crippen molar-refractivity contribution in [2.45, 2.75) is 25.2 Å². The third kappa shape index (κ3) is 5.75. The highest BCUT2D eigenvalue weighted by molar-refractivity contribution is 6.30. The van der Waals surface area contributed by atoms with Crippen LogP contribution in [0.3, 0.4) is 0 Å². The van der Waals surface area contributed by atoms with Crippen LogP contribution in [0.4, 0.5) is 4.39 Å². The molecule has 7 heteroatoms. The van der Waals surface area contributed by atoms with Gasteiger partial charge < -0.3 is 14.7 Å². The number of oxime groups is 1. The fourth-order valence-corrected chi connectivity index (χ4v) is 3.37. The summed E-state index contributed by atoms with van der Waals surface area (Å²) in [4.78, 5) is 7.56. The molecule has 0 bridgehead atoms. The zero-order valence-electron chi connectivity index (χ0n) is 15.7. The fraction of sp³-hybridized carbons (Fsp3) is 0.381. The van der Waals surface area contributed by atoms with Gasteiger partial charge in [0.25, 0.3) is 0 Å². The Bertz CT molecular complexity index is 800. The highest BCUT2D eigenvalue weighted by atomic mass is 35.5. The van der Waals surface area contributed by atoms with Crippen molar-refractivity contribution in [1.29, 1.82) is 0 Å². The SMILES string of the molecule is COC[C@H](O)CN(Cc1ccccc1F)C[C@H]1CC(c2ccc(Cl)cc2)=NO1. The van der Waals surface area contributed by atoms with E-state index in [4.69, 9.17) is 21.2 Å². The molecule has 0 saturated carbocycles. The summed E-state index contributed by atoms with van der Waals surface area (Å²) in [7, 11) is 1.54. The van der Waals surface area contributed by atoms with Crippen molar-refractivity contribution >= 4 is 17.3 Å². The molecule has 0 fully saturated rings. The number of nitrogens with zero attached hydrogens (tertiary/aromatic N) is 2. The lowest BCUT2D eigenvalue weighted by atomic mass is 10.0. The second-order valence-electron chi connectivity index (χ2n) is 6.87. The number of aliphatic hydroxyl groups is 1. The summed E-state index contributed by atoms with van der Waals surface area (Å²) < 4.78 is 19.1. The molecular formula is C21H24ClFN2O3. The molecule has 2 aromatic carbocycles. The van der Waals surface area contributed by atoms with Crippen molar-refractivity contribution in [3.05, 3.63) is 70.5 Å². The molecular weight excluding hydrogens is 383 g/mol. The minimum absolute atomic E-state index is 0.174. The molecule has 2 aromatic rings.